The molecule has 132 valence electrons. The molecule has 2 heterocycles. The minimum absolute atomic E-state index is 0.0196. The second-order valence-corrected chi connectivity index (χ2v) is 7.71. The van der Waals surface area contributed by atoms with Gasteiger partial charge in [0.15, 0.2) is 0 Å². The van der Waals surface area contributed by atoms with Crippen molar-refractivity contribution in [3.05, 3.63) is 35.9 Å². The summed E-state index contributed by atoms with van der Waals surface area (Å²) in [6, 6.07) is 10.8. The summed E-state index contributed by atoms with van der Waals surface area (Å²) in [5, 5.41) is 3.02. The van der Waals surface area contributed by atoms with E-state index in [4.69, 9.17) is 9.47 Å². The summed E-state index contributed by atoms with van der Waals surface area (Å²) in [6.07, 6.45) is 1.88. The molecule has 1 aromatic carbocycles. The predicted molar refractivity (Wildman–Crippen MR) is 92.8 cm³/mol. The molecule has 24 heavy (non-hydrogen) atoms. The van der Waals surface area contributed by atoms with Crippen molar-refractivity contribution in [2.75, 3.05) is 13.2 Å². The number of hydrogen-bond acceptors (Lipinski definition) is 4. The van der Waals surface area contributed by atoms with Gasteiger partial charge in [-0.1, -0.05) is 30.3 Å². The van der Waals surface area contributed by atoms with E-state index in [0.29, 0.717) is 6.04 Å². The molecule has 1 aromatic rings. The summed E-state index contributed by atoms with van der Waals surface area (Å²) in [4.78, 5) is 14.6. The van der Waals surface area contributed by atoms with E-state index in [0.717, 1.165) is 32.5 Å². The van der Waals surface area contributed by atoms with E-state index in [2.05, 4.69) is 34.5 Å². The third-order valence-electron chi connectivity index (χ3n) is 4.56. The van der Waals surface area contributed by atoms with Crippen LogP contribution in [0.3, 0.4) is 0 Å². The minimum Gasteiger partial charge on any atom is -0.444 e. The highest BCUT2D eigenvalue weighted by Gasteiger charge is 2.44. The number of ether oxygens (including phenoxy) is 2. The zero-order valence-corrected chi connectivity index (χ0v) is 14.8. The Morgan fingerprint density at radius 3 is 2.79 bits per heavy atom. The maximum absolute atomic E-state index is 12.1. The zero-order valence-electron chi connectivity index (χ0n) is 14.8. The van der Waals surface area contributed by atoms with Gasteiger partial charge in [-0.2, -0.15) is 0 Å². The van der Waals surface area contributed by atoms with E-state index in [9.17, 15) is 4.79 Å². The normalized spacial score (nSPS) is 27.5. The van der Waals surface area contributed by atoms with Crippen LogP contribution in [0.4, 0.5) is 4.79 Å². The van der Waals surface area contributed by atoms with Crippen molar-refractivity contribution in [3.8, 4) is 0 Å². The molecule has 3 rings (SSSR count). The predicted octanol–water partition coefficient (Wildman–Crippen LogP) is 2.94. The molecule has 5 heteroatoms. The number of carbonyl (C=O) groups excluding carboxylic acids is 1. The first-order chi connectivity index (χ1) is 11.4. The molecule has 5 nitrogen and oxygen atoms in total. The number of hydrogen-bond donors (Lipinski definition) is 1. The number of benzene rings is 1. The van der Waals surface area contributed by atoms with Gasteiger partial charge in [-0.05, 0) is 39.2 Å². The van der Waals surface area contributed by atoms with Gasteiger partial charge in [0.05, 0.1) is 12.1 Å². The van der Waals surface area contributed by atoms with Crippen molar-refractivity contribution in [3.63, 3.8) is 0 Å². The maximum atomic E-state index is 12.1. The van der Waals surface area contributed by atoms with Crippen LogP contribution in [0.5, 0.6) is 0 Å². The molecule has 3 atom stereocenters. The third-order valence-corrected chi connectivity index (χ3v) is 4.56. The molecular weight excluding hydrogens is 304 g/mol. The van der Waals surface area contributed by atoms with Crippen molar-refractivity contribution in [2.24, 2.45) is 0 Å². The van der Waals surface area contributed by atoms with Gasteiger partial charge in [0.2, 0.25) is 0 Å². The Bertz CT molecular complexity index is 555. The molecule has 2 fully saturated rings. The second kappa shape index (κ2) is 7.11. The Balaban J connectivity index is 1.66. The van der Waals surface area contributed by atoms with Gasteiger partial charge in [0.25, 0.3) is 0 Å². The molecule has 1 amide bonds. The SMILES string of the molecule is CC(C)(C)OC(=O)N[C@@H]1CN(Cc2ccccc2)C2CCCOC21. The number of alkyl carbamates (subject to hydrolysis) is 1. The molecule has 0 saturated carbocycles. The van der Waals surface area contributed by atoms with E-state index in [1.165, 1.54) is 5.56 Å². The summed E-state index contributed by atoms with van der Waals surface area (Å²) in [5.74, 6) is 0. The van der Waals surface area contributed by atoms with Gasteiger partial charge < -0.3 is 14.8 Å². The first-order valence-corrected chi connectivity index (χ1v) is 8.81. The van der Waals surface area contributed by atoms with Crippen molar-refractivity contribution >= 4 is 6.09 Å². The molecule has 2 unspecified atom stereocenters. The van der Waals surface area contributed by atoms with E-state index in [1.54, 1.807) is 0 Å². The Morgan fingerprint density at radius 2 is 2.08 bits per heavy atom. The fourth-order valence-corrected chi connectivity index (χ4v) is 3.64. The second-order valence-electron chi connectivity index (χ2n) is 7.71. The summed E-state index contributed by atoms with van der Waals surface area (Å²) < 4.78 is 11.4. The van der Waals surface area contributed by atoms with Crippen LogP contribution in [-0.4, -0.2) is 47.9 Å². The first-order valence-electron chi connectivity index (χ1n) is 8.81. The van der Waals surface area contributed by atoms with E-state index in [1.807, 2.05) is 26.8 Å². The molecule has 2 aliphatic rings. The molecular formula is C19H28N2O3. The summed E-state index contributed by atoms with van der Waals surface area (Å²) >= 11 is 0. The number of nitrogens with one attached hydrogen (secondary N) is 1. The lowest BCUT2D eigenvalue weighted by Gasteiger charge is -2.32. The Hall–Kier alpha value is -1.59. The lowest BCUT2D eigenvalue weighted by Crippen LogP contribution is -2.48. The van der Waals surface area contributed by atoms with Crippen LogP contribution in [-0.2, 0) is 16.0 Å². The average molecular weight is 332 g/mol. The summed E-state index contributed by atoms with van der Waals surface area (Å²) in [6.45, 7) is 8.09. The van der Waals surface area contributed by atoms with Crippen molar-refractivity contribution in [1.82, 2.24) is 10.2 Å². The molecule has 2 aliphatic heterocycles. The van der Waals surface area contributed by atoms with Crippen LogP contribution in [0.2, 0.25) is 0 Å². The number of nitrogens with zero attached hydrogens (tertiary/aromatic N) is 1. The standard InChI is InChI=1S/C19H28N2O3/c1-19(2,3)24-18(22)20-15-13-21(12-14-8-5-4-6-9-14)16-10-7-11-23-17(15)16/h4-6,8-9,15-17H,7,10-13H2,1-3H3,(H,20,22)/t15-,16?,17?/m1/s1. The highest BCUT2D eigenvalue weighted by atomic mass is 16.6. The molecule has 0 spiro atoms. The van der Waals surface area contributed by atoms with Crippen LogP contribution in [0.15, 0.2) is 30.3 Å². The van der Waals surface area contributed by atoms with Crippen LogP contribution < -0.4 is 5.32 Å². The average Bonchev–Trinajstić information content (AvgIpc) is 2.85. The van der Waals surface area contributed by atoms with Gasteiger partial charge in [0, 0.05) is 25.7 Å². The highest BCUT2D eigenvalue weighted by molar-refractivity contribution is 5.68. The van der Waals surface area contributed by atoms with E-state index in [-0.39, 0.29) is 18.2 Å². The number of carbonyl (C=O) groups is 1. The van der Waals surface area contributed by atoms with Crippen LogP contribution >= 0.6 is 0 Å². The topological polar surface area (TPSA) is 50.8 Å². The lowest BCUT2D eigenvalue weighted by molar-refractivity contribution is -0.0236. The van der Waals surface area contributed by atoms with E-state index >= 15 is 0 Å². The third kappa shape index (κ3) is 4.28. The highest BCUT2D eigenvalue weighted by Crippen LogP contribution is 2.30. The molecule has 0 bridgehead atoms. The summed E-state index contributed by atoms with van der Waals surface area (Å²) in [7, 11) is 0. The lowest BCUT2D eigenvalue weighted by atomic mass is 10.0. The van der Waals surface area contributed by atoms with Gasteiger partial charge >= 0.3 is 6.09 Å². The smallest absolute Gasteiger partial charge is 0.408 e. The minimum atomic E-state index is -0.487. The molecule has 0 aromatic heterocycles. The van der Waals surface area contributed by atoms with E-state index < -0.39 is 5.60 Å². The first kappa shape index (κ1) is 17.2. The van der Waals surface area contributed by atoms with Crippen LogP contribution in [0.1, 0.15) is 39.2 Å². The maximum Gasteiger partial charge on any atom is 0.408 e. The zero-order chi connectivity index (χ0) is 17.2. The van der Waals surface area contributed by atoms with Gasteiger partial charge in [-0.15, -0.1) is 0 Å². The number of rotatable bonds is 3. The summed E-state index contributed by atoms with van der Waals surface area (Å²) in [5.41, 5.74) is 0.805. The molecule has 2 saturated heterocycles. The van der Waals surface area contributed by atoms with Crippen molar-refractivity contribution < 1.29 is 14.3 Å². The quantitative estimate of drug-likeness (QED) is 0.925. The van der Waals surface area contributed by atoms with Crippen molar-refractivity contribution in [1.29, 1.82) is 0 Å². The molecule has 0 radical (unpaired) electrons. The molecule has 0 aliphatic carbocycles. The van der Waals surface area contributed by atoms with Crippen LogP contribution in [0, 0.1) is 0 Å². The number of likely N-dealkylation sites (tertiary alicyclic amines) is 1. The fraction of sp³-hybridized carbons (Fsp3) is 0.632. The van der Waals surface area contributed by atoms with Crippen LogP contribution in [0.25, 0.3) is 0 Å². The van der Waals surface area contributed by atoms with Gasteiger partial charge in [-0.25, -0.2) is 4.79 Å². The Morgan fingerprint density at radius 1 is 1.33 bits per heavy atom. The Kier molecular flexibility index (Phi) is 5.11. The Labute approximate surface area is 144 Å². The largest absolute Gasteiger partial charge is 0.444 e. The fourth-order valence-electron chi connectivity index (χ4n) is 3.64. The number of fused-ring (bicyclic) bond motifs is 1. The monoisotopic (exact) mass is 332 g/mol. The van der Waals surface area contributed by atoms with Crippen molar-refractivity contribution in [2.45, 2.75) is 63.9 Å². The number of amides is 1. The van der Waals surface area contributed by atoms with Gasteiger partial charge in [-0.3, -0.25) is 4.90 Å². The molecule has 1 N–H and O–H groups in total. The van der Waals surface area contributed by atoms with Gasteiger partial charge in [0.1, 0.15) is 5.60 Å².